The van der Waals surface area contributed by atoms with E-state index >= 15 is 0 Å². The molecule has 2 heterocycles. The Hall–Kier alpha value is -2.47. The second-order valence-electron chi connectivity index (χ2n) is 6.57. The summed E-state index contributed by atoms with van der Waals surface area (Å²) in [5, 5.41) is 3.63. The number of benzene rings is 1. The van der Waals surface area contributed by atoms with E-state index in [1.807, 2.05) is 24.3 Å². The Morgan fingerprint density at radius 2 is 1.85 bits per heavy atom. The average Bonchev–Trinajstić information content (AvgIpc) is 3.12. The van der Waals surface area contributed by atoms with Gasteiger partial charge in [0.2, 0.25) is 5.91 Å². The Morgan fingerprint density at radius 1 is 1.19 bits per heavy atom. The van der Waals surface area contributed by atoms with Crippen LogP contribution in [0.3, 0.4) is 0 Å². The third-order valence-corrected chi connectivity index (χ3v) is 6.11. The average molecular weight is 384 g/mol. The van der Waals surface area contributed by atoms with Gasteiger partial charge in [-0.25, -0.2) is 4.98 Å². The molecule has 0 aliphatic carbocycles. The Kier molecular flexibility index (Phi) is 5.75. The maximum Gasteiger partial charge on any atom is 0.262 e. The maximum atomic E-state index is 12.9. The first-order valence-electron chi connectivity index (χ1n) is 9.41. The van der Waals surface area contributed by atoms with E-state index in [9.17, 15) is 9.59 Å². The largest absolute Gasteiger partial charge is 0.324 e. The van der Waals surface area contributed by atoms with Gasteiger partial charge in [0.15, 0.2) is 0 Å². The van der Waals surface area contributed by atoms with Gasteiger partial charge in [0.05, 0.1) is 11.7 Å². The molecule has 1 aromatic carbocycles. The van der Waals surface area contributed by atoms with E-state index in [1.54, 1.807) is 6.92 Å². The number of nitrogens with zero attached hydrogens (tertiary/aromatic N) is 2. The van der Waals surface area contributed by atoms with E-state index in [2.05, 4.69) is 31.1 Å². The van der Waals surface area contributed by atoms with Crippen molar-refractivity contribution in [1.82, 2.24) is 9.55 Å². The van der Waals surface area contributed by atoms with Crippen LogP contribution < -0.4 is 10.9 Å². The highest BCUT2D eigenvalue weighted by molar-refractivity contribution is 7.18. The number of nitrogens with one attached hydrogen (secondary N) is 1. The fraction of sp³-hybridized carbons (Fsp3) is 0.381. The number of amides is 1. The van der Waals surface area contributed by atoms with Crippen LogP contribution in [0.2, 0.25) is 0 Å². The number of carbonyl (C=O) groups is 1. The van der Waals surface area contributed by atoms with Crippen LogP contribution in [-0.2, 0) is 24.1 Å². The molecule has 0 fully saturated rings. The topological polar surface area (TPSA) is 64.0 Å². The van der Waals surface area contributed by atoms with Crippen LogP contribution >= 0.6 is 11.3 Å². The van der Waals surface area contributed by atoms with Gasteiger partial charge in [0.1, 0.15) is 10.9 Å². The minimum atomic E-state index is -0.644. The zero-order chi connectivity index (χ0) is 19.6. The summed E-state index contributed by atoms with van der Waals surface area (Å²) in [5.41, 5.74) is 2.89. The van der Waals surface area contributed by atoms with Crippen LogP contribution in [0.5, 0.6) is 0 Å². The first-order valence-corrected chi connectivity index (χ1v) is 10.2. The van der Waals surface area contributed by atoms with Crippen molar-refractivity contribution in [1.29, 1.82) is 0 Å². The number of aryl methyl sites for hydroxylation is 3. The molecule has 0 spiro atoms. The van der Waals surface area contributed by atoms with Gasteiger partial charge in [-0.15, -0.1) is 11.3 Å². The summed E-state index contributed by atoms with van der Waals surface area (Å²) in [6, 6.07) is 7.31. The summed E-state index contributed by atoms with van der Waals surface area (Å²) < 4.78 is 1.42. The Morgan fingerprint density at radius 3 is 2.44 bits per heavy atom. The van der Waals surface area contributed by atoms with E-state index in [1.165, 1.54) is 22.2 Å². The number of hydrogen-bond acceptors (Lipinski definition) is 4. The Bertz CT molecular complexity index is 1010. The third kappa shape index (κ3) is 3.67. The molecule has 0 bridgehead atoms. The summed E-state index contributed by atoms with van der Waals surface area (Å²) >= 11 is 1.53. The lowest BCUT2D eigenvalue weighted by atomic mass is 10.0. The molecular weight excluding hydrogens is 358 g/mol. The van der Waals surface area contributed by atoms with Gasteiger partial charge < -0.3 is 5.32 Å². The third-order valence-electron chi connectivity index (χ3n) is 4.92. The Balaban J connectivity index is 1.94. The molecule has 1 amide bonds. The lowest BCUT2D eigenvalue weighted by molar-refractivity contribution is -0.118. The normalized spacial score (nSPS) is 12.3. The molecule has 3 rings (SSSR count). The van der Waals surface area contributed by atoms with Gasteiger partial charge >= 0.3 is 0 Å². The highest BCUT2D eigenvalue weighted by Gasteiger charge is 2.20. The fourth-order valence-corrected chi connectivity index (χ4v) is 4.12. The van der Waals surface area contributed by atoms with Gasteiger partial charge in [0.25, 0.3) is 5.56 Å². The monoisotopic (exact) mass is 383 g/mol. The SMILES string of the molecule is CCc1cc2c(=O)n(C(C)C(=O)Nc3c(CC)cccc3CC)cnc2s1. The predicted molar refractivity (Wildman–Crippen MR) is 112 cm³/mol. The molecule has 0 saturated heterocycles. The van der Waals surface area contributed by atoms with Crippen LogP contribution in [-0.4, -0.2) is 15.5 Å². The maximum absolute atomic E-state index is 12.9. The van der Waals surface area contributed by atoms with Crippen molar-refractivity contribution in [2.75, 3.05) is 5.32 Å². The lowest BCUT2D eigenvalue weighted by Gasteiger charge is -2.18. The summed E-state index contributed by atoms with van der Waals surface area (Å²) in [6.45, 7) is 7.92. The molecular formula is C21H25N3O2S. The van der Waals surface area contributed by atoms with Gasteiger partial charge in [0, 0.05) is 10.6 Å². The highest BCUT2D eigenvalue weighted by Crippen LogP contribution is 2.24. The second kappa shape index (κ2) is 8.05. The molecule has 0 saturated carbocycles. The van der Waals surface area contributed by atoms with Crippen molar-refractivity contribution in [2.45, 2.75) is 53.0 Å². The van der Waals surface area contributed by atoms with E-state index in [0.29, 0.717) is 5.39 Å². The van der Waals surface area contributed by atoms with Crippen LogP contribution in [0.1, 0.15) is 49.7 Å². The number of aromatic nitrogens is 2. The number of fused-ring (bicyclic) bond motifs is 1. The van der Waals surface area contributed by atoms with Crippen molar-refractivity contribution in [2.24, 2.45) is 0 Å². The van der Waals surface area contributed by atoms with E-state index in [-0.39, 0.29) is 11.5 Å². The van der Waals surface area contributed by atoms with Gasteiger partial charge in [-0.1, -0.05) is 39.0 Å². The predicted octanol–water partition coefficient (Wildman–Crippen LogP) is 4.34. The molecule has 1 atom stereocenters. The number of anilines is 1. The molecule has 0 radical (unpaired) electrons. The number of rotatable bonds is 6. The minimum absolute atomic E-state index is 0.168. The molecule has 0 aliphatic heterocycles. The standard InChI is InChI=1S/C21H25N3O2S/c1-5-14-9-8-10-15(6-2)18(14)23-19(25)13(4)24-12-22-20-17(21(24)26)11-16(7-3)27-20/h8-13H,5-7H2,1-4H3,(H,23,25). The van der Waals surface area contributed by atoms with Crippen molar-refractivity contribution in [3.05, 3.63) is 57.0 Å². The van der Waals surface area contributed by atoms with Gasteiger partial charge in [-0.3, -0.25) is 14.2 Å². The van der Waals surface area contributed by atoms with Crippen molar-refractivity contribution >= 4 is 33.1 Å². The summed E-state index contributed by atoms with van der Waals surface area (Å²) in [5.74, 6) is -0.209. The molecule has 1 unspecified atom stereocenters. The number of hydrogen-bond donors (Lipinski definition) is 1. The number of carbonyl (C=O) groups excluding carboxylic acids is 1. The van der Waals surface area contributed by atoms with Crippen molar-refractivity contribution in [3.8, 4) is 0 Å². The van der Waals surface area contributed by atoms with Crippen LogP contribution in [0.15, 0.2) is 35.4 Å². The lowest BCUT2D eigenvalue weighted by Crippen LogP contribution is -2.32. The molecule has 142 valence electrons. The van der Waals surface area contributed by atoms with Gasteiger partial charge in [-0.05, 0) is 43.4 Å². The fourth-order valence-electron chi connectivity index (χ4n) is 3.19. The molecule has 3 aromatic rings. The highest BCUT2D eigenvalue weighted by atomic mass is 32.1. The molecule has 2 aromatic heterocycles. The van der Waals surface area contributed by atoms with Crippen molar-refractivity contribution in [3.63, 3.8) is 0 Å². The number of para-hydroxylation sites is 1. The van der Waals surface area contributed by atoms with Gasteiger partial charge in [-0.2, -0.15) is 0 Å². The smallest absolute Gasteiger partial charge is 0.262 e. The van der Waals surface area contributed by atoms with Crippen LogP contribution in [0.25, 0.3) is 10.2 Å². The minimum Gasteiger partial charge on any atom is -0.324 e. The zero-order valence-electron chi connectivity index (χ0n) is 16.2. The summed E-state index contributed by atoms with van der Waals surface area (Å²) in [4.78, 5) is 32.0. The summed E-state index contributed by atoms with van der Waals surface area (Å²) in [6.07, 6.45) is 4.02. The zero-order valence-corrected chi connectivity index (χ0v) is 17.0. The number of thiophene rings is 1. The molecule has 1 N–H and O–H groups in total. The van der Waals surface area contributed by atoms with Crippen LogP contribution in [0.4, 0.5) is 5.69 Å². The molecule has 27 heavy (non-hydrogen) atoms. The van der Waals surface area contributed by atoms with E-state index in [4.69, 9.17) is 0 Å². The summed E-state index contributed by atoms with van der Waals surface area (Å²) in [7, 11) is 0. The van der Waals surface area contributed by atoms with E-state index < -0.39 is 6.04 Å². The van der Waals surface area contributed by atoms with Crippen LogP contribution in [0, 0.1) is 0 Å². The molecule has 5 nitrogen and oxygen atoms in total. The van der Waals surface area contributed by atoms with E-state index in [0.717, 1.165) is 45.8 Å². The first kappa shape index (κ1) is 19.3. The molecule has 0 aliphatic rings. The second-order valence-corrected chi connectivity index (χ2v) is 7.68. The van der Waals surface area contributed by atoms with Crippen molar-refractivity contribution < 1.29 is 4.79 Å². The Labute approximate surface area is 163 Å². The first-order chi connectivity index (χ1) is 13.0. The quantitative estimate of drug-likeness (QED) is 0.688. The molecule has 6 heteroatoms.